The molecule has 1 aliphatic carbocycles. The summed E-state index contributed by atoms with van der Waals surface area (Å²) in [7, 11) is 0. The van der Waals surface area contributed by atoms with Crippen molar-refractivity contribution in [1.29, 1.82) is 0 Å². The van der Waals surface area contributed by atoms with Crippen LogP contribution < -0.4 is 52.4 Å². The molecule has 0 saturated carbocycles. The van der Waals surface area contributed by atoms with Crippen LogP contribution in [0.2, 0.25) is 0 Å². The molecule has 0 unspecified atom stereocenters. The molecule has 24 rings (SSSR count). The van der Waals surface area contributed by atoms with E-state index < -0.39 is 5.41 Å². The van der Waals surface area contributed by atoms with Crippen molar-refractivity contribution in [3.63, 3.8) is 0 Å². The monoisotopic (exact) mass is 1310 g/mol. The normalized spacial score (nSPS) is 14.3. The fourth-order valence-electron chi connectivity index (χ4n) is 19.2. The molecule has 0 N–H and O–H groups in total. The summed E-state index contributed by atoms with van der Waals surface area (Å²) >= 11 is 0. The second kappa shape index (κ2) is 20.1. The number of hydrogen-bond donors (Lipinski definition) is 0. The quantitative estimate of drug-likeness (QED) is 0.158. The number of para-hydroxylation sites is 7. The highest BCUT2D eigenvalue weighted by atomic mass is 16.3. The molecule has 0 spiro atoms. The lowest BCUT2D eigenvalue weighted by molar-refractivity contribution is 0.620. The fraction of sp³-hybridized carbons (Fsp3) is 0.0323. The molecule has 4 aliphatic heterocycles. The summed E-state index contributed by atoms with van der Waals surface area (Å²) in [6, 6.07) is 111. The van der Waals surface area contributed by atoms with Crippen molar-refractivity contribution in [3.8, 4) is 22.3 Å². The Morgan fingerprint density at radius 2 is 0.689 bits per heavy atom. The molecule has 0 fully saturated rings. The molecule has 0 atom stereocenters. The van der Waals surface area contributed by atoms with Gasteiger partial charge in [-0.1, -0.05) is 190 Å². The first-order valence-corrected chi connectivity index (χ1v) is 35.6. The Morgan fingerprint density at radius 3 is 1.32 bits per heavy atom. The van der Waals surface area contributed by atoms with Crippen LogP contribution in [0, 0.1) is 0 Å². The molecule has 478 valence electrons. The van der Waals surface area contributed by atoms with Crippen molar-refractivity contribution in [2.45, 2.75) is 19.3 Å². The first kappa shape index (κ1) is 55.7. The summed E-state index contributed by atoms with van der Waals surface area (Å²) in [5.74, 6) is 0. The zero-order chi connectivity index (χ0) is 67.2. The smallest absolute Gasteiger partial charge is 0.252 e. The summed E-state index contributed by atoms with van der Waals surface area (Å²) in [6.45, 7) is 4.63. The molecular formula is C93H56B2N4O4. The number of hydrogen-bond acceptors (Lipinski definition) is 8. The highest BCUT2D eigenvalue weighted by Gasteiger charge is 2.47. The molecule has 8 heterocycles. The van der Waals surface area contributed by atoms with Gasteiger partial charge in [-0.15, -0.1) is 0 Å². The van der Waals surface area contributed by atoms with Crippen LogP contribution in [0.25, 0.3) is 110 Å². The summed E-state index contributed by atoms with van der Waals surface area (Å²) in [5.41, 5.74) is 34.7. The molecule has 15 aromatic carbocycles. The zero-order valence-electron chi connectivity index (χ0n) is 55.9. The van der Waals surface area contributed by atoms with Crippen molar-refractivity contribution < 1.29 is 17.7 Å². The number of fused-ring (bicyclic) bond motifs is 24. The van der Waals surface area contributed by atoms with Gasteiger partial charge in [0, 0.05) is 94.5 Å². The molecule has 0 amide bonds. The van der Waals surface area contributed by atoms with E-state index in [-0.39, 0.29) is 13.4 Å². The van der Waals surface area contributed by atoms with Gasteiger partial charge in [-0.05, 0) is 188 Å². The number of nitrogens with zero attached hydrogens (tertiary/aromatic N) is 4. The number of rotatable bonds is 5. The molecule has 0 bridgehead atoms. The Bertz CT molecular complexity index is 7010. The van der Waals surface area contributed by atoms with E-state index in [2.05, 4.69) is 325 Å². The molecule has 19 aromatic rings. The van der Waals surface area contributed by atoms with E-state index >= 15 is 0 Å². The minimum absolute atomic E-state index is 0.0226. The maximum atomic E-state index is 7.65. The van der Waals surface area contributed by atoms with Crippen molar-refractivity contribution in [2.24, 2.45) is 0 Å². The Hall–Kier alpha value is -13.2. The number of anilines is 12. The molecular weight excluding hydrogens is 1260 g/mol. The van der Waals surface area contributed by atoms with Crippen molar-refractivity contribution in [1.82, 2.24) is 0 Å². The summed E-state index contributed by atoms with van der Waals surface area (Å²) < 4.78 is 27.3. The van der Waals surface area contributed by atoms with Gasteiger partial charge in [-0.25, -0.2) is 0 Å². The van der Waals surface area contributed by atoms with Crippen molar-refractivity contribution in [2.75, 3.05) is 19.6 Å². The fourth-order valence-corrected chi connectivity index (χ4v) is 19.2. The van der Waals surface area contributed by atoms with Crippen molar-refractivity contribution >= 4 is 202 Å². The average Bonchev–Trinajstić information content (AvgIpc) is 1.51. The van der Waals surface area contributed by atoms with Crippen LogP contribution in [0.3, 0.4) is 0 Å². The minimum Gasteiger partial charge on any atom is -0.456 e. The molecule has 0 saturated heterocycles. The Kier molecular flexibility index (Phi) is 10.8. The third-order valence-electron chi connectivity index (χ3n) is 23.4. The molecule has 5 aliphatic rings. The molecule has 8 nitrogen and oxygen atoms in total. The lowest BCUT2D eigenvalue weighted by atomic mass is 9.33. The van der Waals surface area contributed by atoms with E-state index in [0.717, 1.165) is 167 Å². The van der Waals surface area contributed by atoms with Crippen LogP contribution in [-0.4, -0.2) is 13.4 Å². The minimum atomic E-state index is -0.400. The van der Waals surface area contributed by atoms with E-state index in [4.69, 9.17) is 17.7 Å². The van der Waals surface area contributed by atoms with E-state index in [1.807, 2.05) is 12.1 Å². The zero-order valence-corrected chi connectivity index (χ0v) is 55.9. The first-order chi connectivity index (χ1) is 50.9. The Balaban J connectivity index is 0.663. The third kappa shape index (κ3) is 7.30. The highest BCUT2D eigenvalue weighted by molar-refractivity contribution is 7.01. The molecule has 103 heavy (non-hydrogen) atoms. The van der Waals surface area contributed by atoms with Gasteiger partial charge in [0.1, 0.15) is 39.1 Å². The van der Waals surface area contributed by atoms with Gasteiger partial charge in [-0.2, -0.15) is 0 Å². The Labute approximate surface area is 591 Å². The largest absolute Gasteiger partial charge is 0.456 e. The van der Waals surface area contributed by atoms with E-state index in [1.165, 1.54) is 55.0 Å². The van der Waals surface area contributed by atoms with Crippen LogP contribution in [0.15, 0.2) is 321 Å². The summed E-state index contributed by atoms with van der Waals surface area (Å²) in [6.07, 6.45) is 0. The summed E-state index contributed by atoms with van der Waals surface area (Å²) in [5, 5.41) is 8.75. The van der Waals surface area contributed by atoms with E-state index in [0.29, 0.717) is 0 Å². The van der Waals surface area contributed by atoms with Crippen LogP contribution in [0.1, 0.15) is 25.0 Å². The van der Waals surface area contributed by atoms with Gasteiger partial charge in [0.15, 0.2) is 5.58 Å². The third-order valence-corrected chi connectivity index (χ3v) is 23.4. The maximum absolute atomic E-state index is 7.65. The van der Waals surface area contributed by atoms with E-state index in [1.54, 1.807) is 0 Å². The topological polar surface area (TPSA) is 65.5 Å². The predicted molar refractivity (Wildman–Crippen MR) is 427 cm³/mol. The van der Waals surface area contributed by atoms with Gasteiger partial charge in [-0.3, -0.25) is 0 Å². The highest BCUT2D eigenvalue weighted by Crippen LogP contribution is 2.56. The predicted octanol–water partition coefficient (Wildman–Crippen LogP) is 21.4. The standard InChI is InChI=1S/C93H56B2N4O4/c1-93(2)64-47-42-53(54-43-48-72-68(51-54)95-67-26-8-10-28-70(67)98(74-31-19-41-85-87(74)61-22-5-14-39-82(61)102-85)76-33-16-32-75(89(76)95)96(72)55-44-49-83-63(52-55)56-20-3-12-37-80(56)100-83)50-62(64)57-45-46-59-58-23-15-36-79(91(58)103-92(59)88(57)93)99-71-29-11-7-25-66(71)94-65-24-6-9-27-69(65)97(77-34-17-35-78(99)90(77)94)73-30-18-40-84-86(73)60-21-4-13-38-81(60)101-84/h3-52H,1-2H3. The number of benzene rings is 15. The van der Waals surface area contributed by atoms with Crippen molar-refractivity contribution in [3.05, 3.63) is 314 Å². The first-order valence-electron chi connectivity index (χ1n) is 35.6. The number of furan rings is 4. The van der Waals surface area contributed by atoms with Crippen LogP contribution in [0.5, 0.6) is 0 Å². The van der Waals surface area contributed by atoms with E-state index in [9.17, 15) is 0 Å². The van der Waals surface area contributed by atoms with Gasteiger partial charge in [0.2, 0.25) is 0 Å². The lowest BCUT2D eigenvalue weighted by Gasteiger charge is -2.44. The van der Waals surface area contributed by atoms with Crippen LogP contribution in [-0.2, 0) is 5.41 Å². The van der Waals surface area contributed by atoms with Gasteiger partial charge < -0.3 is 37.3 Å². The Morgan fingerprint density at radius 1 is 0.262 bits per heavy atom. The van der Waals surface area contributed by atoms with Crippen LogP contribution in [0.4, 0.5) is 68.2 Å². The lowest BCUT2D eigenvalue weighted by Crippen LogP contribution is -2.61. The summed E-state index contributed by atoms with van der Waals surface area (Å²) in [4.78, 5) is 9.94. The van der Waals surface area contributed by atoms with Crippen LogP contribution >= 0.6 is 0 Å². The average molecular weight is 1320 g/mol. The van der Waals surface area contributed by atoms with Gasteiger partial charge in [0.25, 0.3) is 13.4 Å². The second-order valence-corrected chi connectivity index (χ2v) is 28.9. The van der Waals surface area contributed by atoms with Gasteiger partial charge in [0.05, 0.1) is 27.8 Å². The molecule has 0 radical (unpaired) electrons. The molecule has 10 heteroatoms. The van der Waals surface area contributed by atoms with Gasteiger partial charge >= 0.3 is 0 Å². The molecule has 4 aromatic heterocycles. The maximum Gasteiger partial charge on any atom is 0.252 e. The second-order valence-electron chi connectivity index (χ2n) is 28.9. The SMILES string of the molecule is CC1(C)c2ccc(-c3ccc4c(c3)B3c5ccccc5N(c5cccc6oc7ccccc7c56)c5cccc(c53)N4c3ccc4oc5ccccc5c4c3)cc2-c2ccc3c(oc4c(N5c6ccccc6B6c7ccccc7N(c7cccc8oc9ccccc9c78)c7cccc5c76)cccc43)c21.